The van der Waals surface area contributed by atoms with E-state index in [-0.39, 0.29) is 11.4 Å². The lowest BCUT2D eigenvalue weighted by atomic mass is 9.93. The first kappa shape index (κ1) is 25.6. The maximum Gasteiger partial charge on any atom is 0.392 e. The molecular formula is C23H25F3IN5O3. The average molecular weight is 603 g/mol. The third-order valence-electron chi connectivity index (χ3n) is 6.42. The molecule has 1 aromatic heterocycles. The number of carbonyl (C=O) groups is 2. The first-order valence-corrected chi connectivity index (χ1v) is 12.3. The summed E-state index contributed by atoms with van der Waals surface area (Å²) in [4.78, 5) is 36.2. The fourth-order valence-electron chi connectivity index (χ4n) is 4.16. The average Bonchev–Trinajstić information content (AvgIpc) is 3.55. The molecule has 2 aliphatic rings. The van der Waals surface area contributed by atoms with Gasteiger partial charge < -0.3 is 9.64 Å². The summed E-state index contributed by atoms with van der Waals surface area (Å²) in [7, 11) is 0. The monoisotopic (exact) mass is 603 g/mol. The Hall–Kier alpha value is -2.48. The number of nitrogens with zero attached hydrogens (tertiary/aromatic N) is 4. The minimum absolute atomic E-state index is 0.254. The molecule has 0 radical (unpaired) electrons. The summed E-state index contributed by atoms with van der Waals surface area (Å²) in [6, 6.07) is 6.21. The van der Waals surface area contributed by atoms with Crippen molar-refractivity contribution in [2.75, 3.05) is 24.6 Å². The molecule has 2 amide bonds. The van der Waals surface area contributed by atoms with Crippen molar-refractivity contribution in [1.29, 1.82) is 0 Å². The molecule has 0 unspecified atom stereocenters. The fourth-order valence-corrected chi connectivity index (χ4v) is 4.64. The highest BCUT2D eigenvalue weighted by molar-refractivity contribution is 14.1. The van der Waals surface area contributed by atoms with Crippen LogP contribution in [-0.2, 0) is 0 Å². The second kappa shape index (κ2) is 9.88. The molecule has 1 aliphatic carbocycles. The van der Waals surface area contributed by atoms with Gasteiger partial charge >= 0.3 is 12.2 Å². The van der Waals surface area contributed by atoms with Crippen LogP contribution in [0.3, 0.4) is 0 Å². The second-order valence-electron chi connectivity index (χ2n) is 9.02. The molecule has 35 heavy (non-hydrogen) atoms. The fraction of sp³-hybridized carbons (Fsp3) is 0.478. The van der Waals surface area contributed by atoms with Crippen LogP contribution in [0.15, 0.2) is 24.3 Å². The van der Waals surface area contributed by atoms with E-state index in [2.05, 4.69) is 37.5 Å². The number of carbonyl (C=O) groups excluding carboxylic acids is 2. The number of alkyl halides is 3. The first-order valence-electron chi connectivity index (χ1n) is 11.2. The van der Waals surface area contributed by atoms with Gasteiger partial charge in [-0.25, -0.2) is 15.8 Å². The predicted octanol–water partition coefficient (Wildman–Crippen LogP) is 4.26. The number of aryl methyl sites for hydroxylation is 1. The number of piperidine rings is 1. The largest absolute Gasteiger partial charge is 0.463 e. The number of hydrogen-bond acceptors (Lipinski definition) is 7. The van der Waals surface area contributed by atoms with E-state index in [4.69, 9.17) is 10.6 Å². The molecule has 1 saturated carbocycles. The van der Waals surface area contributed by atoms with Gasteiger partial charge in [-0.2, -0.15) is 18.2 Å². The molecule has 8 nitrogen and oxygen atoms in total. The predicted molar refractivity (Wildman–Crippen MR) is 130 cm³/mol. The van der Waals surface area contributed by atoms with E-state index in [9.17, 15) is 22.8 Å². The number of imide groups is 1. The normalized spacial score (nSPS) is 16.8. The molecule has 2 heterocycles. The van der Waals surface area contributed by atoms with E-state index < -0.39 is 37.0 Å². The van der Waals surface area contributed by atoms with Crippen molar-refractivity contribution in [2.45, 2.75) is 45.2 Å². The van der Waals surface area contributed by atoms with Crippen molar-refractivity contribution >= 4 is 40.1 Å². The smallest absolute Gasteiger partial charge is 0.392 e. The number of hydrogen-bond donors (Lipinski definition) is 1. The van der Waals surface area contributed by atoms with Crippen LogP contribution in [-0.4, -0.2) is 52.7 Å². The van der Waals surface area contributed by atoms with Gasteiger partial charge in [0.2, 0.25) is 0 Å². The Morgan fingerprint density at radius 1 is 1.14 bits per heavy atom. The SMILES string of the molecule is Cc1cc(C(=O)N(N)C(=O)c2ccc(I)cc2N2CCC3(CC2)CC3)nc(OCCC(F)(F)F)n1. The molecule has 12 heteroatoms. The van der Waals surface area contributed by atoms with Gasteiger partial charge in [0, 0.05) is 22.4 Å². The Balaban J connectivity index is 1.51. The maximum absolute atomic E-state index is 13.3. The summed E-state index contributed by atoms with van der Waals surface area (Å²) < 4.78 is 43.1. The van der Waals surface area contributed by atoms with E-state index in [1.165, 1.54) is 25.8 Å². The number of halogens is 4. The maximum atomic E-state index is 13.3. The minimum Gasteiger partial charge on any atom is -0.463 e. The Morgan fingerprint density at radius 2 is 1.83 bits per heavy atom. The molecule has 1 spiro atoms. The summed E-state index contributed by atoms with van der Waals surface area (Å²) in [6.07, 6.45) is -0.956. The van der Waals surface area contributed by atoms with E-state index in [0.717, 1.165) is 35.2 Å². The number of nitrogens with two attached hydrogens (primary N) is 1. The molecule has 2 fully saturated rings. The van der Waals surface area contributed by atoms with Gasteiger partial charge in [0.25, 0.3) is 11.8 Å². The zero-order valence-corrected chi connectivity index (χ0v) is 21.2. The van der Waals surface area contributed by atoms with Gasteiger partial charge in [-0.15, -0.1) is 0 Å². The van der Waals surface area contributed by atoms with Crippen LogP contribution in [0.4, 0.5) is 18.9 Å². The Bertz CT molecular complexity index is 1130. The van der Waals surface area contributed by atoms with Gasteiger partial charge in [0.15, 0.2) is 0 Å². The molecule has 1 saturated heterocycles. The second-order valence-corrected chi connectivity index (χ2v) is 10.3. The van der Waals surface area contributed by atoms with E-state index in [0.29, 0.717) is 16.0 Å². The lowest BCUT2D eigenvalue weighted by Crippen LogP contribution is -2.44. The molecule has 0 atom stereocenters. The Morgan fingerprint density at radius 3 is 2.46 bits per heavy atom. The summed E-state index contributed by atoms with van der Waals surface area (Å²) in [6.45, 7) is 2.47. The first-order chi connectivity index (χ1) is 16.5. The van der Waals surface area contributed by atoms with Crippen LogP contribution in [0, 0.1) is 15.9 Å². The van der Waals surface area contributed by atoms with Gasteiger partial charge in [-0.1, -0.05) is 0 Å². The summed E-state index contributed by atoms with van der Waals surface area (Å²) in [5.74, 6) is 4.32. The molecule has 1 aromatic carbocycles. The van der Waals surface area contributed by atoms with Gasteiger partial charge in [0.05, 0.1) is 17.7 Å². The van der Waals surface area contributed by atoms with E-state index in [1.54, 1.807) is 12.1 Å². The van der Waals surface area contributed by atoms with Gasteiger partial charge in [-0.3, -0.25) is 9.59 Å². The quantitative estimate of drug-likeness (QED) is 0.173. The summed E-state index contributed by atoms with van der Waals surface area (Å²) in [5.41, 5.74) is 1.50. The highest BCUT2D eigenvalue weighted by atomic mass is 127. The summed E-state index contributed by atoms with van der Waals surface area (Å²) in [5, 5.41) is 0.472. The number of hydrazine groups is 1. The van der Waals surface area contributed by atoms with Crippen molar-refractivity contribution in [3.8, 4) is 6.01 Å². The van der Waals surface area contributed by atoms with Crippen LogP contribution in [0.25, 0.3) is 0 Å². The van der Waals surface area contributed by atoms with Crippen LogP contribution < -0.4 is 15.5 Å². The van der Waals surface area contributed by atoms with Crippen LogP contribution >= 0.6 is 22.6 Å². The Labute approximate surface area is 214 Å². The topological polar surface area (TPSA) is 102 Å². The number of amides is 2. The van der Waals surface area contributed by atoms with Crippen LogP contribution in [0.5, 0.6) is 6.01 Å². The molecule has 188 valence electrons. The van der Waals surface area contributed by atoms with Crippen molar-refractivity contribution in [1.82, 2.24) is 15.0 Å². The van der Waals surface area contributed by atoms with Crippen LogP contribution in [0.2, 0.25) is 0 Å². The van der Waals surface area contributed by atoms with Crippen molar-refractivity contribution in [2.24, 2.45) is 11.3 Å². The summed E-state index contributed by atoms with van der Waals surface area (Å²) >= 11 is 2.17. The standard InChI is InChI=1S/C23H25F3IN5O3/c1-14-12-17(30-21(29-14)35-11-8-23(24,25)26)20(34)32(28)19(33)16-3-2-15(27)13-18(16)31-9-6-22(4-5-22)7-10-31/h2-3,12-13H,4-11,28H2,1H3. The number of aromatic nitrogens is 2. The van der Waals surface area contributed by atoms with Crippen molar-refractivity contribution < 1.29 is 27.5 Å². The lowest BCUT2D eigenvalue weighted by molar-refractivity contribution is -0.139. The Kier molecular flexibility index (Phi) is 7.23. The molecule has 2 N–H and O–H groups in total. The zero-order valence-electron chi connectivity index (χ0n) is 19.1. The third-order valence-corrected chi connectivity index (χ3v) is 7.09. The van der Waals surface area contributed by atoms with Gasteiger partial charge in [0.1, 0.15) is 12.3 Å². The highest BCUT2D eigenvalue weighted by Crippen LogP contribution is 2.54. The molecule has 0 bridgehead atoms. The number of anilines is 1. The van der Waals surface area contributed by atoms with Crippen molar-refractivity contribution in [3.05, 3.63) is 44.8 Å². The van der Waals surface area contributed by atoms with Crippen LogP contribution in [0.1, 0.15) is 58.6 Å². The minimum atomic E-state index is -4.40. The van der Waals surface area contributed by atoms with E-state index in [1.807, 2.05) is 6.07 Å². The zero-order chi connectivity index (χ0) is 25.4. The number of benzene rings is 1. The number of ether oxygens (including phenoxy) is 1. The number of rotatable bonds is 6. The van der Waals surface area contributed by atoms with E-state index >= 15 is 0 Å². The molecule has 2 aromatic rings. The lowest BCUT2D eigenvalue weighted by Gasteiger charge is -2.35. The molecule has 1 aliphatic heterocycles. The highest BCUT2D eigenvalue weighted by Gasteiger charge is 2.44. The van der Waals surface area contributed by atoms with Gasteiger partial charge in [-0.05, 0) is 84.9 Å². The van der Waals surface area contributed by atoms with Crippen molar-refractivity contribution in [3.63, 3.8) is 0 Å². The molecular weight excluding hydrogens is 578 g/mol. The third kappa shape index (κ3) is 6.21. The molecule has 4 rings (SSSR count).